The number of rotatable bonds is 6. The molecule has 12 nitrogen and oxygen atoms in total. The van der Waals surface area contributed by atoms with Gasteiger partial charge in [-0.2, -0.15) is 4.68 Å². The van der Waals surface area contributed by atoms with E-state index in [9.17, 15) is 9.59 Å². The van der Waals surface area contributed by atoms with Crippen LogP contribution in [0.4, 0.5) is 5.82 Å². The Hall–Kier alpha value is -3.02. The van der Waals surface area contributed by atoms with Crippen molar-refractivity contribution >= 4 is 17.8 Å². The third-order valence-corrected chi connectivity index (χ3v) is 4.49. The number of nitrogens with two attached hydrogens (primary N) is 1. The van der Waals surface area contributed by atoms with Crippen LogP contribution >= 0.6 is 0 Å². The van der Waals surface area contributed by atoms with Crippen LogP contribution in [-0.4, -0.2) is 64.1 Å². The van der Waals surface area contributed by atoms with Gasteiger partial charge in [0.25, 0.3) is 0 Å². The fourth-order valence-corrected chi connectivity index (χ4v) is 3.23. The fraction of sp³-hybridized carbons (Fsp3) is 0.600. The van der Waals surface area contributed by atoms with Gasteiger partial charge in [-0.05, 0) is 30.1 Å². The van der Waals surface area contributed by atoms with Crippen molar-refractivity contribution in [3.8, 4) is 5.82 Å². The van der Waals surface area contributed by atoms with Crippen molar-refractivity contribution in [3.05, 3.63) is 11.4 Å². The average Bonchev–Trinajstić information content (AvgIpc) is 3.27. The number of anilines is 1. The molecule has 1 aliphatic rings. The van der Waals surface area contributed by atoms with Gasteiger partial charge in [-0.3, -0.25) is 4.79 Å². The van der Waals surface area contributed by atoms with Crippen LogP contribution in [0.15, 0.2) is 4.63 Å². The van der Waals surface area contributed by atoms with Crippen LogP contribution < -0.4 is 10.6 Å². The Balaban J connectivity index is 1.86. The van der Waals surface area contributed by atoms with E-state index < -0.39 is 5.97 Å². The molecule has 0 radical (unpaired) electrons. The molecule has 12 heteroatoms. The third kappa shape index (κ3) is 3.89. The second-order valence-corrected chi connectivity index (χ2v) is 6.23. The third-order valence-electron chi connectivity index (χ3n) is 4.49. The van der Waals surface area contributed by atoms with Crippen LogP contribution in [0.3, 0.4) is 0 Å². The number of aromatic nitrogens is 5. The highest BCUT2D eigenvalue weighted by Crippen LogP contribution is 2.16. The first kappa shape index (κ1) is 18.8. The normalized spacial score (nSPS) is 19.6. The molecule has 1 aliphatic heterocycles. The maximum absolute atomic E-state index is 12.1. The molecule has 3 heterocycles. The smallest absolute Gasteiger partial charge is 0.360 e. The van der Waals surface area contributed by atoms with Crippen LogP contribution in [0.2, 0.25) is 0 Å². The molecule has 1 fully saturated rings. The Kier molecular flexibility index (Phi) is 5.64. The van der Waals surface area contributed by atoms with Crippen molar-refractivity contribution in [2.45, 2.75) is 26.3 Å². The Labute approximate surface area is 154 Å². The largest absolute Gasteiger partial charge is 0.466 e. The molecule has 1 unspecified atom stereocenters. The van der Waals surface area contributed by atoms with E-state index in [1.54, 1.807) is 6.92 Å². The number of ether oxygens (including phenoxy) is 2. The fourth-order valence-electron chi connectivity index (χ4n) is 3.23. The lowest BCUT2D eigenvalue weighted by molar-refractivity contribution is -0.921. The zero-order chi connectivity index (χ0) is 19.4. The summed E-state index contributed by atoms with van der Waals surface area (Å²) in [4.78, 5) is 25.3. The van der Waals surface area contributed by atoms with Gasteiger partial charge in [-0.1, -0.05) is 5.21 Å². The second kappa shape index (κ2) is 8.12. The van der Waals surface area contributed by atoms with Crippen LogP contribution in [-0.2, 0) is 20.8 Å². The molecular weight excluding hydrogens is 358 g/mol. The van der Waals surface area contributed by atoms with Crippen molar-refractivity contribution in [1.82, 2.24) is 25.3 Å². The molecule has 0 spiro atoms. The van der Waals surface area contributed by atoms with E-state index in [0.29, 0.717) is 25.4 Å². The molecule has 0 aliphatic carbocycles. The molecule has 0 aromatic carbocycles. The van der Waals surface area contributed by atoms with Crippen molar-refractivity contribution in [1.29, 1.82) is 0 Å². The van der Waals surface area contributed by atoms with E-state index in [-0.39, 0.29) is 29.2 Å². The molecule has 0 amide bonds. The second-order valence-electron chi connectivity index (χ2n) is 6.23. The molecule has 146 valence electrons. The van der Waals surface area contributed by atoms with E-state index in [0.717, 1.165) is 24.3 Å². The molecule has 2 atom stereocenters. The van der Waals surface area contributed by atoms with Crippen LogP contribution in [0.25, 0.3) is 5.82 Å². The first-order valence-electron chi connectivity index (χ1n) is 8.66. The van der Waals surface area contributed by atoms with E-state index in [2.05, 4.69) is 25.3 Å². The number of methoxy groups -OCH3 is 1. The highest BCUT2D eigenvalue weighted by Gasteiger charge is 2.33. The van der Waals surface area contributed by atoms with E-state index in [1.165, 1.54) is 11.8 Å². The molecule has 1 saturated heterocycles. The number of piperidine rings is 1. The summed E-state index contributed by atoms with van der Waals surface area (Å²) in [6.07, 6.45) is 1.64. The lowest BCUT2D eigenvalue weighted by Crippen LogP contribution is -3.12. The Morgan fingerprint density at radius 2 is 2.22 bits per heavy atom. The molecular formula is C15H22N7O5+. The summed E-state index contributed by atoms with van der Waals surface area (Å²) in [6.45, 7) is 3.92. The predicted octanol–water partition coefficient (Wildman–Crippen LogP) is -1.62. The van der Waals surface area contributed by atoms with Crippen LogP contribution in [0.5, 0.6) is 0 Å². The average molecular weight is 380 g/mol. The SMILES string of the molecule is CCOC(=O)[C@H]1CCC[NH+](Cc2c(C(=O)OC)nnn2-c2nonc2N)C1. The topological polar surface area (TPSA) is 153 Å². The number of carbonyl (C=O) groups excluding carboxylic acids is 2. The number of nitrogens with one attached hydrogen (secondary N) is 1. The summed E-state index contributed by atoms with van der Waals surface area (Å²) in [7, 11) is 1.27. The van der Waals surface area contributed by atoms with Crippen molar-refractivity contribution in [2.24, 2.45) is 5.92 Å². The van der Waals surface area contributed by atoms with Gasteiger partial charge in [0.15, 0.2) is 5.69 Å². The van der Waals surface area contributed by atoms with Crippen LogP contribution in [0, 0.1) is 5.92 Å². The highest BCUT2D eigenvalue weighted by molar-refractivity contribution is 5.88. The zero-order valence-corrected chi connectivity index (χ0v) is 15.2. The summed E-state index contributed by atoms with van der Waals surface area (Å²) in [5.74, 6) is -0.830. The summed E-state index contributed by atoms with van der Waals surface area (Å²) in [5, 5.41) is 15.1. The summed E-state index contributed by atoms with van der Waals surface area (Å²) < 4.78 is 15.9. The van der Waals surface area contributed by atoms with E-state index in [4.69, 9.17) is 15.2 Å². The van der Waals surface area contributed by atoms with Gasteiger partial charge in [0.1, 0.15) is 18.2 Å². The van der Waals surface area contributed by atoms with Gasteiger partial charge in [-0.25, -0.2) is 9.42 Å². The maximum Gasteiger partial charge on any atom is 0.360 e. The quantitative estimate of drug-likeness (QED) is 0.559. The summed E-state index contributed by atoms with van der Waals surface area (Å²) >= 11 is 0. The van der Waals surface area contributed by atoms with Crippen molar-refractivity contribution in [2.75, 3.05) is 32.5 Å². The molecule has 0 bridgehead atoms. The molecule has 0 saturated carbocycles. The first-order chi connectivity index (χ1) is 13.0. The number of nitrogens with zero attached hydrogens (tertiary/aromatic N) is 5. The van der Waals surface area contributed by atoms with Gasteiger partial charge in [0.05, 0.1) is 26.8 Å². The Morgan fingerprint density at radius 1 is 1.41 bits per heavy atom. The number of quaternary nitrogens is 1. The minimum absolute atomic E-state index is 0.0237. The number of hydrogen-bond acceptors (Lipinski definition) is 10. The molecule has 2 aromatic heterocycles. The zero-order valence-electron chi connectivity index (χ0n) is 15.2. The van der Waals surface area contributed by atoms with E-state index in [1.807, 2.05) is 0 Å². The Morgan fingerprint density at radius 3 is 2.89 bits per heavy atom. The number of nitrogen functional groups attached to an aromatic ring is 1. The van der Waals surface area contributed by atoms with Gasteiger partial charge in [-0.15, -0.1) is 5.10 Å². The molecule has 3 rings (SSSR count). The standard InChI is InChI=1S/C15H21N7O5/c1-3-26-14(23)9-5-4-6-21(7-9)8-10-11(15(24)25-2)17-20-22(10)13-12(16)18-27-19-13/h9H,3-8H2,1-2H3,(H2,16,18)/p+1/t9-/m0/s1. The minimum atomic E-state index is -0.621. The van der Waals surface area contributed by atoms with Crippen molar-refractivity contribution in [3.63, 3.8) is 0 Å². The summed E-state index contributed by atoms with van der Waals surface area (Å²) in [6, 6.07) is 0. The van der Waals surface area contributed by atoms with Gasteiger partial charge in [0, 0.05) is 0 Å². The van der Waals surface area contributed by atoms with E-state index >= 15 is 0 Å². The van der Waals surface area contributed by atoms with Gasteiger partial charge >= 0.3 is 11.9 Å². The number of esters is 2. The summed E-state index contributed by atoms with van der Waals surface area (Å²) in [5.41, 5.74) is 6.27. The van der Waals surface area contributed by atoms with Gasteiger partial charge in [0.2, 0.25) is 11.6 Å². The monoisotopic (exact) mass is 380 g/mol. The minimum Gasteiger partial charge on any atom is -0.466 e. The maximum atomic E-state index is 12.1. The predicted molar refractivity (Wildman–Crippen MR) is 88.7 cm³/mol. The Bertz CT molecular complexity index is 817. The van der Waals surface area contributed by atoms with Crippen LogP contribution in [0.1, 0.15) is 35.9 Å². The first-order valence-corrected chi connectivity index (χ1v) is 8.66. The highest BCUT2D eigenvalue weighted by atomic mass is 16.6. The number of likely N-dealkylation sites (tertiary alicyclic amines) is 1. The van der Waals surface area contributed by atoms with Crippen molar-refractivity contribution < 1.29 is 28.6 Å². The number of carbonyl (C=O) groups is 2. The lowest BCUT2D eigenvalue weighted by atomic mass is 9.98. The molecule has 3 N–H and O–H groups in total. The molecule has 27 heavy (non-hydrogen) atoms. The molecule has 2 aromatic rings. The van der Waals surface area contributed by atoms with Gasteiger partial charge < -0.3 is 20.1 Å². The number of hydrogen-bond donors (Lipinski definition) is 2. The lowest BCUT2D eigenvalue weighted by Gasteiger charge is -2.28.